The number of carbonyl (C=O) groups excluding carboxylic acids is 2. The van der Waals surface area contributed by atoms with Crippen molar-refractivity contribution in [1.29, 1.82) is 0 Å². The van der Waals surface area contributed by atoms with Crippen LogP contribution in [0.15, 0.2) is 30.3 Å². The molecule has 3 atom stereocenters. The minimum Gasteiger partial charge on any atom is -0.391 e. The van der Waals surface area contributed by atoms with Gasteiger partial charge in [-0.15, -0.1) is 0 Å². The van der Waals surface area contributed by atoms with Crippen molar-refractivity contribution in [1.82, 2.24) is 14.7 Å². The van der Waals surface area contributed by atoms with Crippen LogP contribution in [0.5, 0.6) is 0 Å². The van der Waals surface area contributed by atoms with Crippen LogP contribution in [0.4, 0.5) is 0 Å². The first kappa shape index (κ1) is 17.9. The normalized spacial score (nSPS) is 27.6. The van der Waals surface area contributed by atoms with Gasteiger partial charge in [0.25, 0.3) is 0 Å². The van der Waals surface area contributed by atoms with Crippen LogP contribution in [-0.4, -0.2) is 76.0 Å². The number of β-amino-alcohol motifs (C(OH)–C–C–N with tert-alkyl or cyclic N) is 1. The van der Waals surface area contributed by atoms with Crippen molar-refractivity contribution >= 4 is 11.8 Å². The molecule has 2 aliphatic rings. The summed E-state index contributed by atoms with van der Waals surface area (Å²) in [6.45, 7) is 6.95. The Morgan fingerprint density at radius 3 is 2.48 bits per heavy atom. The second kappa shape index (κ2) is 7.54. The largest absolute Gasteiger partial charge is 0.391 e. The summed E-state index contributed by atoms with van der Waals surface area (Å²) in [5.74, 6) is -0.177. The van der Waals surface area contributed by atoms with Crippen molar-refractivity contribution in [3.05, 3.63) is 35.9 Å². The number of hydrogen-bond acceptors (Lipinski definition) is 4. The van der Waals surface area contributed by atoms with E-state index >= 15 is 0 Å². The van der Waals surface area contributed by atoms with Gasteiger partial charge in [0.15, 0.2) is 0 Å². The van der Waals surface area contributed by atoms with Crippen LogP contribution in [-0.2, 0) is 16.1 Å². The van der Waals surface area contributed by atoms with Crippen LogP contribution in [0.25, 0.3) is 0 Å². The zero-order valence-electron chi connectivity index (χ0n) is 15.0. The van der Waals surface area contributed by atoms with Gasteiger partial charge in [-0.1, -0.05) is 30.3 Å². The number of benzene rings is 1. The maximum Gasteiger partial charge on any atom is 0.245 e. The predicted octanol–water partition coefficient (Wildman–Crippen LogP) is 0.701. The summed E-state index contributed by atoms with van der Waals surface area (Å²) in [7, 11) is 0. The van der Waals surface area contributed by atoms with E-state index in [-0.39, 0.29) is 24.4 Å². The van der Waals surface area contributed by atoms with Crippen LogP contribution < -0.4 is 0 Å². The minimum absolute atomic E-state index is 0.0291. The van der Waals surface area contributed by atoms with E-state index in [9.17, 15) is 14.7 Å². The molecule has 2 heterocycles. The molecule has 2 aliphatic heterocycles. The van der Waals surface area contributed by atoms with Crippen molar-refractivity contribution in [2.45, 2.75) is 45.0 Å². The van der Waals surface area contributed by atoms with Crippen LogP contribution >= 0.6 is 0 Å². The lowest BCUT2D eigenvalue weighted by Crippen LogP contribution is -2.57. The fraction of sp³-hybridized carbons (Fsp3) is 0.579. The summed E-state index contributed by atoms with van der Waals surface area (Å²) in [6, 6.07) is 9.91. The van der Waals surface area contributed by atoms with Gasteiger partial charge in [-0.05, 0) is 12.5 Å². The Bertz CT molecular complexity index is 622. The lowest BCUT2D eigenvalue weighted by Gasteiger charge is -2.41. The van der Waals surface area contributed by atoms with Gasteiger partial charge in [-0.25, -0.2) is 0 Å². The third-order valence-corrected chi connectivity index (χ3v) is 5.21. The number of nitrogens with zero attached hydrogens (tertiary/aromatic N) is 3. The molecule has 1 aromatic rings. The lowest BCUT2D eigenvalue weighted by molar-refractivity contribution is -0.146. The van der Waals surface area contributed by atoms with Gasteiger partial charge in [0, 0.05) is 52.1 Å². The Morgan fingerprint density at radius 1 is 1.12 bits per heavy atom. The average molecular weight is 345 g/mol. The highest BCUT2D eigenvalue weighted by Gasteiger charge is 2.41. The number of amides is 2. The van der Waals surface area contributed by atoms with Gasteiger partial charge in [0.2, 0.25) is 11.8 Å². The number of aliphatic hydroxyl groups is 1. The van der Waals surface area contributed by atoms with Crippen LogP contribution in [0.1, 0.15) is 25.8 Å². The summed E-state index contributed by atoms with van der Waals surface area (Å²) in [5, 5.41) is 9.87. The quantitative estimate of drug-likeness (QED) is 0.876. The maximum absolute atomic E-state index is 12.9. The van der Waals surface area contributed by atoms with E-state index in [1.165, 1.54) is 17.4 Å². The third-order valence-electron chi connectivity index (χ3n) is 5.21. The van der Waals surface area contributed by atoms with E-state index in [0.717, 1.165) is 19.6 Å². The molecule has 2 fully saturated rings. The number of hydrogen-bond donors (Lipinski definition) is 1. The number of likely N-dealkylation sites (tertiary alicyclic amines) is 1. The van der Waals surface area contributed by atoms with Gasteiger partial charge in [0.1, 0.15) is 6.04 Å². The van der Waals surface area contributed by atoms with Gasteiger partial charge < -0.3 is 14.9 Å². The van der Waals surface area contributed by atoms with Crippen molar-refractivity contribution in [2.75, 3.05) is 26.2 Å². The molecule has 136 valence electrons. The summed E-state index contributed by atoms with van der Waals surface area (Å²) in [6.07, 6.45) is -0.262. The van der Waals surface area contributed by atoms with Gasteiger partial charge >= 0.3 is 0 Å². The molecule has 0 saturated carbocycles. The van der Waals surface area contributed by atoms with Crippen molar-refractivity contribution in [3.8, 4) is 0 Å². The molecule has 6 heteroatoms. The molecular weight excluding hydrogens is 318 g/mol. The predicted molar refractivity (Wildman–Crippen MR) is 94.7 cm³/mol. The van der Waals surface area contributed by atoms with E-state index in [4.69, 9.17) is 0 Å². The highest BCUT2D eigenvalue weighted by atomic mass is 16.3. The molecule has 2 amide bonds. The molecule has 2 saturated heterocycles. The molecule has 0 spiro atoms. The van der Waals surface area contributed by atoms with Crippen molar-refractivity contribution < 1.29 is 14.7 Å². The number of aliphatic hydroxyl groups excluding tert-OH is 1. The van der Waals surface area contributed by atoms with Crippen molar-refractivity contribution in [2.24, 2.45) is 0 Å². The molecule has 0 unspecified atom stereocenters. The zero-order valence-corrected chi connectivity index (χ0v) is 15.0. The molecule has 1 aromatic carbocycles. The Hall–Kier alpha value is -1.92. The fourth-order valence-corrected chi connectivity index (χ4v) is 3.93. The Balaban J connectivity index is 1.61. The second-order valence-corrected chi connectivity index (χ2v) is 7.18. The highest BCUT2D eigenvalue weighted by Crippen LogP contribution is 2.23. The molecule has 0 radical (unpaired) electrons. The van der Waals surface area contributed by atoms with Crippen molar-refractivity contribution in [3.63, 3.8) is 0 Å². The molecule has 3 rings (SSSR count). The monoisotopic (exact) mass is 345 g/mol. The van der Waals surface area contributed by atoms with E-state index in [2.05, 4.69) is 24.0 Å². The standard InChI is InChI=1S/C19H27N3O3/c1-14-11-20(12-16-6-4-3-5-7-16)8-9-21(14)19(25)18-10-17(24)13-22(18)15(2)23/h3-7,14,17-18,24H,8-13H2,1-2H3/t14-,17+,18-/m1/s1. The Morgan fingerprint density at radius 2 is 1.84 bits per heavy atom. The zero-order chi connectivity index (χ0) is 18.0. The first-order chi connectivity index (χ1) is 12.0. The maximum atomic E-state index is 12.9. The lowest BCUT2D eigenvalue weighted by atomic mass is 10.1. The van der Waals surface area contributed by atoms with E-state index in [1.54, 1.807) is 0 Å². The van der Waals surface area contributed by atoms with Gasteiger partial charge in [0.05, 0.1) is 6.10 Å². The average Bonchev–Trinajstić information content (AvgIpc) is 2.98. The first-order valence-electron chi connectivity index (χ1n) is 8.97. The molecule has 0 aromatic heterocycles. The summed E-state index contributed by atoms with van der Waals surface area (Å²) >= 11 is 0. The molecule has 0 aliphatic carbocycles. The molecular formula is C19H27N3O3. The van der Waals surface area contributed by atoms with E-state index in [1.807, 2.05) is 23.1 Å². The first-order valence-corrected chi connectivity index (χ1v) is 8.97. The Labute approximate surface area is 149 Å². The molecule has 25 heavy (non-hydrogen) atoms. The second-order valence-electron chi connectivity index (χ2n) is 7.18. The Kier molecular flexibility index (Phi) is 5.39. The summed E-state index contributed by atoms with van der Waals surface area (Å²) in [5.41, 5.74) is 1.27. The van der Waals surface area contributed by atoms with Crippen LogP contribution in [0.2, 0.25) is 0 Å². The highest BCUT2D eigenvalue weighted by molar-refractivity contribution is 5.88. The third kappa shape index (κ3) is 4.02. The smallest absolute Gasteiger partial charge is 0.245 e. The molecule has 6 nitrogen and oxygen atoms in total. The number of rotatable bonds is 3. The van der Waals surface area contributed by atoms with Crippen LogP contribution in [0.3, 0.4) is 0 Å². The number of piperazine rings is 1. The molecule has 1 N–H and O–H groups in total. The van der Waals surface area contributed by atoms with Gasteiger partial charge in [-0.2, -0.15) is 0 Å². The van der Waals surface area contributed by atoms with Crippen LogP contribution in [0, 0.1) is 0 Å². The van der Waals surface area contributed by atoms with E-state index in [0.29, 0.717) is 13.0 Å². The fourth-order valence-electron chi connectivity index (χ4n) is 3.93. The molecule has 0 bridgehead atoms. The number of carbonyl (C=O) groups is 2. The SMILES string of the molecule is CC(=O)N1C[C@@H](O)C[C@@H]1C(=O)N1CCN(Cc2ccccc2)C[C@H]1C. The van der Waals surface area contributed by atoms with E-state index < -0.39 is 12.1 Å². The topological polar surface area (TPSA) is 64.1 Å². The van der Waals surface area contributed by atoms with Gasteiger partial charge in [-0.3, -0.25) is 14.5 Å². The summed E-state index contributed by atoms with van der Waals surface area (Å²) < 4.78 is 0. The minimum atomic E-state index is -0.604. The summed E-state index contributed by atoms with van der Waals surface area (Å²) in [4.78, 5) is 30.4.